The summed E-state index contributed by atoms with van der Waals surface area (Å²) in [7, 11) is 0. The number of nitrogens with one attached hydrogen (secondary N) is 1. The molecular formula is C15H7F3N4O3. The van der Waals surface area contributed by atoms with Crippen molar-refractivity contribution in [1.82, 2.24) is 0 Å². The third kappa shape index (κ3) is 4.36. The van der Waals surface area contributed by atoms with Gasteiger partial charge in [0.25, 0.3) is 5.69 Å². The number of anilines is 2. The number of benzene rings is 2. The van der Waals surface area contributed by atoms with Gasteiger partial charge in [0, 0.05) is 11.8 Å². The Morgan fingerprint density at radius 1 is 1.08 bits per heavy atom. The van der Waals surface area contributed by atoms with E-state index in [0.717, 1.165) is 24.3 Å². The number of nitro groups is 1. The summed E-state index contributed by atoms with van der Waals surface area (Å²) in [5.74, 6) is -0.454. The van der Waals surface area contributed by atoms with Crippen molar-refractivity contribution in [2.45, 2.75) is 6.36 Å². The zero-order valence-electron chi connectivity index (χ0n) is 12.2. The number of nitrogens with zero attached hydrogens (tertiary/aromatic N) is 3. The molecule has 0 saturated heterocycles. The van der Waals surface area contributed by atoms with Crippen LogP contribution in [0.25, 0.3) is 0 Å². The summed E-state index contributed by atoms with van der Waals surface area (Å²) in [6.45, 7) is 0. The topological polar surface area (TPSA) is 112 Å². The van der Waals surface area contributed by atoms with Crippen molar-refractivity contribution in [3.63, 3.8) is 0 Å². The lowest BCUT2D eigenvalue weighted by Crippen LogP contribution is -2.16. The van der Waals surface area contributed by atoms with Crippen LogP contribution in [0.5, 0.6) is 5.75 Å². The molecule has 0 aliphatic rings. The molecule has 0 saturated carbocycles. The largest absolute Gasteiger partial charge is 0.573 e. The molecule has 0 amide bonds. The van der Waals surface area contributed by atoms with Crippen LogP contribution in [0.2, 0.25) is 0 Å². The number of rotatable bonds is 4. The summed E-state index contributed by atoms with van der Waals surface area (Å²) >= 11 is 0. The van der Waals surface area contributed by atoms with Crippen LogP contribution in [0.1, 0.15) is 11.1 Å². The van der Waals surface area contributed by atoms with Gasteiger partial charge in [-0.15, -0.1) is 13.2 Å². The number of ether oxygens (including phenoxy) is 1. The molecule has 0 fully saturated rings. The Balaban J connectivity index is 2.35. The monoisotopic (exact) mass is 348 g/mol. The van der Waals surface area contributed by atoms with E-state index >= 15 is 0 Å². The molecule has 0 aliphatic heterocycles. The minimum Gasteiger partial charge on any atom is -0.406 e. The lowest BCUT2D eigenvalue weighted by Gasteiger charge is -2.11. The Morgan fingerprint density at radius 2 is 1.64 bits per heavy atom. The van der Waals surface area contributed by atoms with E-state index in [9.17, 15) is 23.3 Å². The normalized spacial score (nSPS) is 10.4. The first-order valence-electron chi connectivity index (χ1n) is 6.49. The van der Waals surface area contributed by atoms with Gasteiger partial charge in [0.05, 0.1) is 16.1 Å². The molecule has 0 atom stereocenters. The summed E-state index contributed by atoms with van der Waals surface area (Å²) in [5.41, 5.74) is -0.538. The minimum atomic E-state index is -4.83. The van der Waals surface area contributed by atoms with E-state index in [2.05, 4.69) is 10.1 Å². The molecule has 2 rings (SSSR count). The van der Waals surface area contributed by atoms with E-state index < -0.39 is 22.7 Å². The van der Waals surface area contributed by atoms with E-state index in [4.69, 9.17) is 10.5 Å². The van der Waals surface area contributed by atoms with E-state index in [0.29, 0.717) is 0 Å². The standard InChI is InChI=1S/C15H7F3N4O3/c16-15(17,18)25-12-3-1-11(2-4-12)21-13-5-9(7-19)10(8-20)6-14(13)22(23)24/h1-6,21H. The highest BCUT2D eigenvalue weighted by molar-refractivity contribution is 5.74. The molecule has 2 aromatic carbocycles. The van der Waals surface area contributed by atoms with Crippen molar-refractivity contribution in [3.8, 4) is 17.9 Å². The molecule has 126 valence electrons. The highest BCUT2D eigenvalue weighted by Crippen LogP contribution is 2.32. The lowest BCUT2D eigenvalue weighted by molar-refractivity contribution is -0.383. The fraction of sp³-hybridized carbons (Fsp3) is 0.0667. The van der Waals surface area contributed by atoms with Crippen molar-refractivity contribution in [2.75, 3.05) is 5.32 Å². The van der Waals surface area contributed by atoms with Gasteiger partial charge in [-0.05, 0) is 30.3 Å². The SMILES string of the molecule is N#Cc1cc(Nc2ccc(OC(F)(F)F)cc2)c([N+](=O)[O-])cc1C#N. The van der Waals surface area contributed by atoms with Gasteiger partial charge >= 0.3 is 6.36 Å². The van der Waals surface area contributed by atoms with Crippen molar-refractivity contribution < 1.29 is 22.8 Å². The van der Waals surface area contributed by atoms with Gasteiger partial charge < -0.3 is 10.1 Å². The molecule has 10 heteroatoms. The maximum atomic E-state index is 12.1. The summed E-state index contributed by atoms with van der Waals surface area (Å²) in [5, 5.41) is 31.7. The predicted molar refractivity (Wildman–Crippen MR) is 78.9 cm³/mol. The van der Waals surface area contributed by atoms with Gasteiger partial charge in [0.2, 0.25) is 0 Å². The van der Waals surface area contributed by atoms with Gasteiger partial charge in [-0.25, -0.2) is 0 Å². The average Bonchev–Trinajstić information content (AvgIpc) is 2.54. The number of halogens is 3. The smallest absolute Gasteiger partial charge is 0.406 e. The Hall–Kier alpha value is -3.79. The molecule has 0 heterocycles. The second-order valence-corrected chi connectivity index (χ2v) is 4.59. The number of alkyl halides is 3. The zero-order valence-corrected chi connectivity index (χ0v) is 12.2. The van der Waals surface area contributed by atoms with Crippen molar-refractivity contribution in [1.29, 1.82) is 10.5 Å². The van der Waals surface area contributed by atoms with E-state index in [1.807, 2.05) is 0 Å². The Morgan fingerprint density at radius 3 is 2.12 bits per heavy atom. The van der Waals surface area contributed by atoms with Crippen LogP contribution in [-0.2, 0) is 0 Å². The third-order valence-electron chi connectivity index (χ3n) is 2.94. The second kappa shape index (κ2) is 6.76. The van der Waals surface area contributed by atoms with Gasteiger partial charge in [0.1, 0.15) is 23.6 Å². The molecular weight excluding hydrogens is 341 g/mol. The first-order chi connectivity index (χ1) is 11.7. The van der Waals surface area contributed by atoms with Crippen molar-refractivity contribution in [2.24, 2.45) is 0 Å². The molecule has 0 unspecified atom stereocenters. The summed E-state index contributed by atoms with van der Waals surface area (Å²) < 4.78 is 40.1. The molecule has 0 radical (unpaired) electrons. The first kappa shape index (κ1) is 17.6. The fourth-order valence-electron chi connectivity index (χ4n) is 1.92. The molecule has 2 aromatic rings. The Bertz CT molecular complexity index is 896. The predicted octanol–water partition coefficient (Wildman–Crippen LogP) is 3.98. The molecule has 7 nitrogen and oxygen atoms in total. The maximum absolute atomic E-state index is 12.1. The number of hydrogen-bond donors (Lipinski definition) is 1. The van der Waals surface area contributed by atoms with Crippen molar-refractivity contribution in [3.05, 3.63) is 57.6 Å². The second-order valence-electron chi connectivity index (χ2n) is 4.59. The van der Waals surface area contributed by atoms with E-state index in [-0.39, 0.29) is 22.5 Å². The zero-order chi connectivity index (χ0) is 18.6. The van der Waals surface area contributed by atoms with Crippen LogP contribution in [-0.4, -0.2) is 11.3 Å². The minimum absolute atomic E-state index is 0.0763. The fourth-order valence-corrected chi connectivity index (χ4v) is 1.92. The molecule has 0 aliphatic carbocycles. The van der Waals surface area contributed by atoms with Crippen LogP contribution in [0, 0.1) is 32.8 Å². The van der Waals surface area contributed by atoms with Gasteiger partial charge in [-0.1, -0.05) is 0 Å². The van der Waals surface area contributed by atoms with Crippen LogP contribution in [0.3, 0.4) is 0 Å². The van der Waals surface area contributed by atoms with Crippen LogP contribution in [0.15, 0.2) is 36.4 Å². The van der Waals surface area contributed by atoms with Crippen LogP contribution >= 0.6 is 0 Å². The summed E-state index contributed by atoms with van der Waals surface area (Å²) in [4.78, 5) is 10.4. The number of nitro benzene ring substituents is 1. The Kier molecular flexibility index (Phi) is 4.75. The van der Waals surface area contributed by atoms with Crippen molar-refractivity contribution >= 4 is 17.1 Å². The third-order valence-corrected chi connectivity index (χ3v) is 2.94. The lowest BCUT2D eigenvalue weighted by atomic mass is 10.1. The molecule has 0 aromatic heterocycles. The summed E-state index contributed by atoms with van der Waals surface area (Å²) in [6, 6.07) is 9.98. The van der Waals surface area contributed by atoms with E-state index in [1.165, 1.54) is 12.1 Å². The van der Waals surface area contributed by atoms with Gasteiger partial charge in [0.15, 0.2) is 0 Å². The number of hydrogen-bond acceptors (Lipinski definition) is 6. The quantitative estimate of drug-likeness (QED) is 0.660. The highest BCUT2D eigenvalue weighted by Gasteiger charge is 2.31. The summed E-state index contributed by atoms with van der Waals surface area (Å²) in [6.07, 6.45) is -4.83. The van der Waals surface area contributed by atoms with Crippen LogP contribution < -0.4 is 10.1 Å². The van der Waals surface area contributed by atoms with Crippen LogP contribution in [0.4, 0.5) is 30.2 Å². The molecule has 25 heavy (non-hydrogen) atoms. The first-order valence-corrected chi connectivity index (χ1v) is 6.49. The Labute approximate surface area is 138 Å². The molecule has 1 N–H and O–H groups in total. The maximum Gasteiger partial charge on any atom is 0.573 e. The average molecular weight is 348 g/mol. The highest BCUT2D eigenvalue weighted by atomic mass is 19.4. The van der Waals surface area contributed by atoms with E-state index in [1.54, 1.807) is 12.1 Å². The van der Waals surface area contributed by atoms with Gasteiger partial charge in [-0.3, -0.25) is 10.1 Å². The number of nitriles is 2. The molecule has 0 bridgehead atoms. The van der Waals surface area contributed by atoms with Gasteiger partial charge in [-0.2, -0.15) is 10.5 Å². The molecule has 0 spiro atoms.